The predicted octanol–water partition coefficient (Wildman–Crippen LogP) is 3.00. The minimum Gasteiger partial charge on any atom is -0.496 e. The number of nitrogens with one attached hydrogen (secondary N) is 2. The van der Waals surface area contributed by atoms with Crippen molar-refractivity contribution < 1.29 is 9.47 Å². The number of benzene rings is 1. The van der Waals surface area contributed by atoms with Gasteiger partial charge >= 0.3 is 0 Å². The molecule has 140 valence electrons. The first-order valence-corrected chi connectivity index (χ1v) is 9.36. The molecule has 2 N–H and O–H groups in total. The highest BCUT2D eigenvalue weighted by Gasteiger charge is 2.36. The number of rotatable bonds is 10. The summed E-state index contributed by atoms with van der Waals surface area (Å²) in [4.78, 5) is 4.84. The highest BCUT2D eigenvalue weighted by Crippen LogP contribution is 2.44. The van der Waals surface area contributed by atoms with Crippen LogP contribution in [0.1, 0.15) is 38.2 Å². The SMILES string of the molecule is CCNC(=NCC1(CCOC)CCC1)NCCc1ccccc1OC. The van der Waals surface area contributed by atoms with E-state index in [1.54, 1.807) is 14.2 Å². The molecule has 2 rings (SSSR count). The maximum absolute atomic E-state index is 5.42. The van der Waals surface area contributed by atoms with E-state index in [1.165, 1.54) is 24.8 Å². The molecule has 25 heavy (non-hydrogen) atoms. The molecule has 0 saturated heterocycles. The van der Waals surface area contributed by atoms with Gasteiger partial charge in [-0.1, -0.05) is 24.6 Å². The third-order valence-corrected chi connectivity index (χ3v) is 5.05. The molecule has 0 atom stereocenters. The molecule has 1 fully saturated rings. The van der Waals surface area contributed by atoms with Crippen molar-refractivity contribution in [2.45, 2.75) is 39.0 Å². The lowest BCUT2D eigenvalue weighted by Gasteiger charge is -2.40. The first kappa shape index (κ1) is 19.6. The van der Waals surface area contributed by atoms with E-state index in [9.17, 15) is 0 Å². The van der Waals surface area contributed by atoms with Gasteiger partial charge in [-0.15, -0.1) is 0 Å². The molecular weight excluding hydrogens is 314 g/mol. The standard InChI is InChI=1S/C20H33N3O2/c1-4-21-19(23-16-20(11-7-12-20)13-15-24-2)22-14-10-17-8-5-6-9-18(17)25-3/h5-6,8-9H,4,7,10-16H2,1-3H3,(H2,21,22,23). The van der Waals surface area contributed by atoms with Gasteiger partial charge < -0.3 is 20.1 Å². The minimum absolute atomic E-state index is 0.348. The lowest BCUT2D eigenvalue weighted by molar-refractivity contribution is 0.0778. The van der Waals surface area contributed by atoms with E-state index in [1.807, 2.05) is 18.2 Å². The van der Waals surface area contributed by atoms with Gasteiger partial charge in [0, 0.05) is 33.4 Å². The van der Waals surface area contributed by atoms with Gasteiger partial charge in [-0.3, -0.25) is 4.99 Å². The topological polar surface area (TPSA) is 54.9 Å². The maximum atomic E-state index is 5.42. The summed E-state index contributed by atoms with van der Waals surface area (Å²) >= 11 is 0. The maximum Gasteiger partial charge on any atom is 0.191 e. The Morgan fingerprint density at radius 3 is 2.64 bits per heavy atom. The average molecular weight is 348 g/mol. The summed E-state index contributed by atoms with van der Waals surface area (Å²) in [5.41, 5.74) is 1.56. The second kappa shape index (κ2) is 10.3. The molecule has 1 saturated carbocycles. The van der Waals surface area contributed by atoms with Gasteiger partial charge in [-0.2, -0.15) is 0 Å². The monoisotopic (exact) mass is 347 g/mol. The fourth-order valence-electron chi connectivity index (χ4n) is 3.30. The normalized spacial score (nSPS) is 16.2. The van der Waals surface area contributed by atoms with Gasteiger partial charge in [-0.05, 0) is 49.7 Å². The number of guanidine groups is 1. The van der Waals surface area contributed by atoms with Crippen molar-refractivity contribution in [3.8, 4) is 5.75 Å². The van der Waals surface area contributed by atoms with Crippen LogP contribution in [-0.4, -0.2) is 46.4 Å². The van der Waals surface area contributed by atoms with Crippen LogP contribution in [-0.2, 0) is 11.2 Å². The third-order valence-electron chi connectivity index (χ3n) is 5.05. The molecule has 5 heteroatoms. The van der Waals surface area contributed by atoms with Crippen LogP contribution in [0.5, 0.6) is 5.75 Å². The molecule has 5 nitrogen and oxygen atoms in total. The van der Waals surface area contributed by atoms with Gasteiger partial charge in [0.2, 0.25) is 0 Å². The molecule has 0 spiro atoms. The lowest BCUT2D eigenvalue weighted by atomic mass is 9.67. The van der Waals surface area contributed by atoms with Gasteiger partial charge in [0.25, 0.3) is 0 Å². The molecule has 0 heterocycles. The van der Waals surface area contributed by atoms with Crippen molar-refractivity contribution >= 4 is 5.96 Å². The summed E-state index contributed by atoms with van der Waals surface area (Å²) in [5, 5.41) is 6.80. The van der Waals surface area contributed by atoms with E-state index in [0.717, 1.165) is 50.8 Å². The quantitative estimate of drug-likeness (QED) is 0.505. The largest absolute Gasteiger partial charge is 0.496 e. The summed E-state index contributed by atoms with van der Waals surface area (Å²) in [6, 6.07) is 8.16. The Morgan fingerprint density at radius 1 is 1.20 bits per heavy atom. The molecule has 1 aromatic rings. The van der Waals surface area contributed by atoms with Crippen LogP contribution in [0, 0.1) is 5.41 Å². The average Bonchev–Trinajstić information content (AvgIpc) is 2.60. The summed E-state index contributed by atoms with van der Waals surface area (Å²) in [7, 11) is 3.50. The molecule has 1 aliphatic carbocycles. The number of ether oxygens (including phenoxy) is 2. The lowest BCUT2D eigenvalue weighted by Crippen LogP contribution is -2.41. The van der Waals surface area contributed by atoms with Crippen LogP contribution in [0.2, 0.25) is 0 Å². The van der Waals surface area contributed by atoms with E-state index in [2.05, 4.69) is 23.6 Å². The number of nitrogens with zero attached hydrogens (tertiary/aromatic N) is 1. The van der Waals surface area contributed by atoms with Gasteiger partial charge in [-0.25, -0.2) is 0 Å². The van der Waals surface area contributed by atoms with E-state index in [0.29, 0.717) is 5.41 Å². The zero-order valence-electron chi connectivity index (χ0n) is 15.9. The number of hydrogen-bond acceptors (Lipinski definition) is 3. The molecule has 1 aromatic carbocycles. The second-order valence-electron chi connectivity index (χ2n) is 6.78. The van der Waals surface area contributed by atoms with Crippen LogP contribution in [0.3, 0.4) is 0 Å². The zero-order valence-corrected chi connectivity index (χ0v) is 15.9. The first-order valence-electron chi connectivity index (χ1n) is 9.36. The summed E-state index contributed by atoms with van der Waals surface area (Å²) in [6.07, 6.45) is 5.86. The Kier molecular flexibility index (Phi) is 8.06. The van der Waals surface area contributed by atoms with Crippen molar-refractivity contribution in [2.24, 2.45) is 10.4 Å². The minimum atomic E-state index is 0.348. The van der Waals surface area contributed by atoms with Gasteiger partial charge in [0.05, 0.1) is 7.11 Å². The number of aliphatic imine (C=N–C) groups is 1. The highest BCUT2D eigenvalue weighted by atomic mass is 16.5. The van der Waals surface area contributed by atoms with Crippen LogP contribution < -0.4 is 15.4 Å². The summed E-state index contributed by atoms with van der Waals surface area (Å²) in [6.45, 7) is 5.50. The van der Waals surface area contributed by atoms with Crippen LogP contribution in [0.15, 0.2) is 29.3 Å². The second-order valence-corrected chi connectivity index (χ2v) is 6.78. The van der Waals surface area contributed by atoms with E-state index >= 15 is 0 Å². The van der Waals surface area contributed by atoms with Crippen molar-refractivity contribution in [1.82, 2.24) is 10.6 Å². The Bertz CT molecular complexity index is 541. The molecule has 0 amide bonds. The smallest absolute Gasteiger partial charge is 0.191 e. The van der Waals surface area contributed by atoms with Gasteiger partial charge in [0.15, 0.2) is 5.96 Å². The third kappa shape index (κ3) is 5.92. The molecule has 0 aliphatic heterocycles. The fourth-order valence-corrected chi connectivity index (χ4v) is 3.30. The van der Waals surface area contributed by atoms with Gasteiger partial charge in [0.1, 0.15) is 5.75 Å². The fraction of sp³-hybridized carbons (Fsp3) is 0.650. The number of hydrogen-bond donors (Lipinski definition) is 2. The van der Waals surface area contributed by atoms with E-state index in [4.69, 9.17) is 14.5 Å². The van der Waals surface area contributed by atoms with Crippen molar-refractivity contribution in [3.63, 3.8) is 0 Å². The van der Waals surface area contributed by atoms with E-state index in [-0.39, 0.29) is 0 Å². The van der Waals surface area contributed by atoms with Crippen molar-refractivity contribution in [2.75, 3.05) is 40.5 Å². The Labute approximate surface area is 152 Å². The molecule has 1 aliphatic rings. The molecule has 0 unspecified atom stereocenters. The Balaban J connectivity index is 1.87. The number of para-hydroxylation sites is 1. The molecule has 0 bridgehead atoms. The highest BCUT2D eigenvalue weighted by molar-refractivity contribution is 5.79. The van der Waals surface area contributed by atoms with Crippen LogP contribution >= 0.6 is 0 Å². The summed E-state index contributed by atoms with van der Waals surface area (Å²) < 4.78 is 10.7. The van der Waals surface area contributed by atoms with Crippen molar-refractivity contribution in [1.29, 1.82) is 0 Å². The Morgan fingerprint density at radius 2 is 2.00 bits per heavy atom. The van der Waals surface area contributed by atoms with Crippen LogP contribution in [0.25, 0.3) is 0 Å². The first-order chi connectivity index (χ1) is 12.2. The molecular formula is C20H33N3O2. The zero-order chi connectivity index (χ0) is 18.0. The molecule has 0 radical (unpaired) electrons. The number of methoxy groups -OCH3 is 2. The van der Waals surface area contributed by atoms with E-state index < -0.39 is 0 Å². The molecule has 0 aromatic heterocycles. The summed E-state index contributed by atoms with van der Waals surface area (Å²) in [5.74, 6) is 1.85. The van der Waals surface area contributed by atoms with Crippen LogP contribution in [0.4, 0.5) is 0 Å². The predicted molar refractivity (Wildman–Crippen MR) is 103 cm³/mol. The van der Waals surface area contributed by atoms with Crippen molar-refractivity contribution in [3.05, 3.63) is 29.8 Å². The Hall–Kier alpha value is -1.75.